The second-order valence-electron chi connectivity index (χ2n) is 15.7. The molecule has 0 amide bonds. The predicted octanol–water partition coefficient (Wildman–Crippen LogP) is 16.2. The van der Waals surface area contributed by atoms with Gasteiger partial charge in [-0.2, -0.15) is 0 Å². The van der Waals surface area contributed by atoms with Gasteiger partial charge in [0.15, 0.2) is 0 Å². The molecule has 0 fully saturated rings. The van der Waals surface area contributed by atoms with Crippen LogP contribution in [-0.4, -0.2) is 4.57 Å². The smallest absolute Gasteiger partial charge is 0.0625 e. The first kappa shape index (κ1) is 34.1. The van der Waals surface area contributed by atoms with E-state index < -0.39 is 0 Å². The fraction of sp³-hybridized carbons (Fsp3) is 0. The average molecular weight is 763 g/mol. The summed E-state index contributed by atoms with van der Waals surface area (Å²) in [6.07, 6.45) is 0. The third-order valence-electron chi connectivity index (χ3n) is 12.3. The molecule has 1 aromatic heterocycles. The lowest BCUT2D eigenvalue weighted by molar-refractivity contribution is 1.18. The summed E-state index contributed by atoms with van der Waals surface area (Å²) in [6.45, 7) is 0. The highest BCUT2D eigenvalue weighted by Crippen LogP contribution is 2.46. The van der Waals surface area contributed by atoms with Gasteiger partial charge >= 0.3 is 0 Å². The molecule has 0 spiro atoms. The largest absolute Gasteiger partial charge is 0.310 e. The molecule has 60 heavy (non-hydrogen) atoms. The highest BCUT2D eigenvalue weighted by Gasteiger charge is 2.22. The summed E-state index contributed by atoms with van der Waals surface area (Å²) in [5.41, 5.74) is 11.6. The van der Waals surface area contributed by atoms with Crippen LogP contribution in [0.4, 0.5) is 17.1 Å². The maximum atomic E-state index is 2.50. The minimum atomic E-state index is 1.09. The Kier molecular flexibility index (Phi) is 7.89. The number of fused-ring (bicyclic) bond motifs is 11. The van der Waals surface area contributed by atoms with Gasteiger partial charge in [0.1, 0.15) is 0 Å². The first-order valence-corrected chi connectivity index (χ1v) is 20.7. The van der Waals surface area contributed by atoms with Gasteiger partial charge < -0.3 is 9.47 Å². The minimum Gasteiger partial charge on any atom is -0.310 e. The zero-order chi connectivity index (χ0) is 39.6. The van der Waals surface area contributed by atoms with Crippen molar-refractivity contribution < 1.29 is 0 Å². The average Bonchev–Trinajstić information content (AvgIpc) is 3.67. The van der Waals surface area contributed by atoms with E-state index >= 15 is 0 Å². The number of anilines is 3. The van der Waals surface area contributed by atoms with Crippen LogP contribution in [0.2, 0.25) is 0 Å². The van der Waals surface area contributed by atoms with Crippen LogP contribution in [0.3, 0.4) is 0 Å². The lowest BCUT2D eigenvalue weighted by Gasteiger charge is -2.26. The van der Waals surface area contributed by atoms with Crippen LogP contribution in [0.1, 0.15) is 0 Å². The number of hydrogen-bond acceptors (Lipinski definition) is 1. The molecule has 0 radical (unpaired) electrons. The fourth-order valence-electron chi connectivity index (χ4n) is 9.62. The molecule has 0 aliphatic heterocycles. The van der Waals surface area contributed by atoms with Crippen molar-refractivity contribution in [2.75, 3.05) is 4.90 Å². The Labute approximate surface area is 348 Å². The molecular formula is C58H38N2. The number of rotatable bonds is 6. The summed E-state index contributed by atoms with van der Waals surface area (Å²) in [5, 5.41) is 12.5. The van der Waals surface area contributed by atoms with Crippen molar-refractivity contribution in [1.29, 1.82) is 0 Å². The van der Waals surface area contributed by atoms with Crippen molar-refractivity contribution in [2.45, 2.75) is 0 Å². The van der Waals surface area contributed by atoms with Crippen LogP contribution >= 0.6 is 0 Å². The van der Waals surface area contributed by atoms with Crippen molar-refractivity contribution in [1.82, 2.24) is 4.57 Å². The van der Waals surface area contributed by atoms with E-state index in [4.69, 9.17) is 0 Å². The standard InChI is InChI=1S/C58H38N2/c1-4-16-39(17-5-1)40-28-30-44(31-29-40)60-56-38-46(33-35-53(56)57-54(41-18-6-2-7-19-41)36-42-20-10-11-23-47(42)58(57)60)59(43-21-8-3-9-22-43)45-32-34-52-50-26-13-12-24-48(50)49-25-14-15-27-51(49)55(52)37-45/h1-38H. The second-order valence-corrected chi connectivity index (χ2v) is 15.7. The van der Waals surface area contributed by atoms with Gasteiger partial charge in [-0.1, -0.05) is 176 Å². The van der Waals surface area contributed by atoms with Crippen LogP contribution in [0.15, 0.2) is 231 Å². The van der Waals surface area contributed by atoms with Crippen LogP contribution < -0.4 is 4.90 Å². The fourth-order valence-corrected chi connectivity index (χ4v) is 9.62. The van der Waals surface area contributed by atoms with Gasteiger partial charge in [0.25, 0.3) is 0 Å². The minimum absolute atomic E-state index is 1.09. The molecule has 0 N–H and O–H groups in total. The number of nitrogens with zero attached hydrogens (tertiary/aromatic N) is 2. The van der Waals surface area contributed by atoms with Crippen molar-refractivity contribution in [2.24, 2.45) is 0 Å². The maximum Gasteiger partial charge on any atom is 0.0625 e. The number of aromatic nitrogens is 1. The molecule has 12 rings (SSSR count). The lowest BCUT2D eigenvalue weighted by atomic mass is 9.94. The zero-order valence-corrected chi connectivity index (χ0v) is 32.8. The molecule has 0 atom stereocenters. The Bertz CT molecular complexity index is 3530. The summed E-state index contributed by atoms with van der Waals surface area (Å²) in [7, 11) is 0. The third kappa shape index (κ3) is 5.42. The van der Waals surface area contributed by atoms with Crippen molar-refractivity contribution in [3.8, 4) is 27.9 Å². The summed E-state index contributed by atoms with van der Waals surface area (Å²) in [4.78, 5) is 2.42. The first-order valence-electron chi connectivity index (χ1n) is 20.7. The SMILES string of the molecule is c1ccc(-c2ccc(-n3c4cc(N(c5ccccc5)c5ccc6c7ccccc7c7ccccc7c6c5)ccc4c4c(-c5ccccc5)cc5ccccc5c43)cc2)cc1. The zero-order valence-electron chi connectivity index (χ0n) is 32.8. The van der Waals surface area contributed by atoms with E-state index in [1.807, 2.05) is 0 Å². The van der Waals surface area contributed by atoms with E-state index in [-0.39, 0.29) is 0 Å². The van der Waals surface area contributed by atoms with E-state index in [9.17, 15) is 0 Å². The molecular weight excluding hydrogens is 725 g/mol. The Hall–Kier alpha value is -7.94. The van der Waals surface area contributed by atoms with E-state index in [0.717, 1.165) is 28.3 Å². The molecule has 0 saturated carbocycles. The maximum absolute atomic E-state index is 2.50. The number of hydrogen-bond donors (Lipinski definition) is 0. The molecule has 2 nitrogen and oxygen atoms in total. The Morgan fingerprint density at radius 1 is 0.300 bits per heavy atom. The highest BCUT2D eigenvalue weighted by molar-refractivity contribution is 6.26. The van der Waals surface area contributed by atoms with Gasteiger partial charge in [-0.05, 0) is 115 Å². The normalized spacial score (nSPS) is 11.7. The van der Waals surface area contributed by atoms with Gasteiger partial charge in [-0.3, -0.25) is 0 Å². The Balaban J connectivity index is 1.16. The molecule has 0 unspecified atom stereocenters. The highest BCUT2D eigenvalue weighted by atomic mass is 15.1. The number of para-hydroxylation sites is 1. The van der Waals surface area contributed by atoms with Crippen LogP contribution in [0, 0.1) is 0 Å². The summed E-state index contributed by atoms with van der Waals surface area (Å²) >= 11 is 0. The first-order chi connectivity index (χ1) is 29.8. The Morgan fingerprint density at radius 3 is 1.43 bits per heavy atom. The molecule has 0 saturated heterocycles. The van der Waals surface area contributed by atoms with Crippen LogP contribution in [-0.2, 0) is 0 Å². The van der Waals surface area contributed by atoms with Crippen molar-refractivity contribution in [3.63, 3.8) is 0 Å². The molecule has 2 heteroatoms. The molecule has 11 aromatic carbocycles. The van der Waals surface area contributed by atoms with Gasteiger partial charge in [-0.15, -0.1) is 0 Å². The van der Waals surface area contributed by atoms with E-state index in [0.29, 0.717) is 0 Å². The van der Waals surface area contributed by atoms with Gasteiger partial charge in [0, 0.05) is 38.9 Å². The van der Waals surface area contributed by atoms with Gasteiger partial charge in [0.05, 0.1) is 11.0 Å². The summed E-state index contributed by atoms with van der Waals surface area (Å²) in [6, 6.07) is 84.3. The van der Waals surface area contributed by atoms with Crippen molar-refractivity contribution >= 4 is 82.0 Å². The molecule has 0 aliphatic rings. The molecule has 0 bridgehead atoms. The topological polar surface area (TPSA) is 8.17 Å². The third-order valence-corrected chi connectivity index (χ3v) is 12.3. The van der Waals surface area contributed by atoms with Crippen LogP contribution in [0.5, 0.6) is 0 Å². The molecule has 1 heterocycles. The van der Waals surface area contributed by atoms with Gasteiger partial charge in [-0.25, -0.2) is 0 Å². The van der Waals surface area contributed by atoms with Crippen LogP contribution in [0.25, 0.3) is 92.8 Å². The van der Waals surface area contributed by atoms with E-state index in [1.54, 1.807) is 0 Å². The Morgan fingerprint density at radius 2 is 0.783 bits per heavy atom. The molecule has 12 aromatic rings. The van der Waals surface area contributed by atoms with E-state index in [2.05, 4.69) is 240 Å². The van der Waals surface area contributed by atoms with E-state index in [1.165, 1.54) is 81.6 Å². The summed E-state index contributed by atoms with van der Waals surface area (Å²) in [5.74, 6) is 0. The van der Waals surface area contributed by atoms with Crippen molar-refractivity contribution in [3.05, 3.63) is 231 Å². The molecule has 0 aliphatic carbocycles. The quantitative estimate of drug-likeness (QED) is 0.153. The molecule has 280 valence electrons. The monoisotopic (exact) mass is 762 g/mol. The second kappa shape index (κ2) is 13.9. The van der Waals surface area contributed by atoms with Gasteiger partial charge in [0.2, 0.25) is 0 Å². The number of benzene rings is 11. The lowest BCUT2D eigenvalue weighted by Crippen LogP contribution is -2.10. The predicted molar refractivity (Wildman–Crippen MR) is 256 cm³/mol. The summed E-state index contributed by atoms with van der Waals surface area (Å²) < 4.78 is 2.50.